The van der Waals surface area contributed by atoms with Crippen molar-refractivity contribution in [3.05, 3.63) is 12.2 Å². The fourth-order valence-electron chi connectivity index (χ4n) is 2.32. The minimum Gasteiger partial charge on any atom is -0.390 e. The molecule has 0 unspecified atom stereocenters. The van der Waals surface area contributed by atoms with Gasteiger partial charge in [0.2, 0.25) is 5.91 Å². The number of likely N-dealkylation sites (N-methyl/N-ethyl adjacent to an activating group) is 1. The highest BCUT2D eigenvalue weighted by atomic mass is 16.3. The molecule has 0 aromatic rings. The average molecular weight is 210 g/mol. The largest absolute Gasteiger partial charge is 0.390 e. The molecule has 1 saturated heterocycles. The fourth-order valence-corrected chi connectivity index (χ4v) is 2.32. The number of nitrogens with zero attached hydrogens (tertiary/aromatic N) is 1. The van der Waals surface area contributed by atoms with E-state index in [-0.39, 0.29) is 17.9 Å². The highest BCUT2D eigenvalue weighted by molar-refractivity contribution is 5.79. The first-order valence-corrected chi connectivity index (χ1v) is 5.50. The van der Waals surface area contributed by atoms with E-state index in [1.165, 1.54) is 0 Å². The number of β-amino-alcohol motifs (C(OH)–C–C–N with tert-alkyl or cyclic N) is 1. The van der Waals surface area contributed by atoms with Crippen LogP contribution in [0.4, 0.5) is 0 Å². The normalized spacial score (nSPS) is 31.1. The molecule has 1 aliphatic heterocycles. The Kier molecular flexibility index (Phi) is 3.07. The van der Waals surface area contributed by atoms with Crippen molar-refractivity contribution in [3.8, 4) is 0 Å². The topological polar surface area (TPSA) is 52.6 Å². The predicted molar refractivity (Wildman–Crippen MR) is 57.3 cm³/mol. The van der Waals surface area contributed by atoms with E-state index in [2.05, 4.69) is 17.5 Å². The van der Waals surface area contributed by atoms with Crippen LogP contribution in [0.5, 0.6) is 0 Å². The summed E-state index contributed by atoms with van der Waals surface area (Å²) in [7, 11) is 1.79. The van der Waals surface area contributed by atoms with Gasteiger partial charge in [-0.25, -0.2) is 0 Å². The van der Waals surface area contributed by atoms with E-state index >= 15 is 0 Å². The Balaban J connectivity index is 1.94. The molecule has 0 radical (unpaired) electrons. The summed E-state index contributed by atoms with van der Waals surface area (Å²) >= 11 is 0. The third-order valence-corrected chi connectivity index (χ3v) is 3.35. The molecule has 4 nitrogen and oxygen atoms in total. The van der Waals surface area contributed by atoms with Crippen molar-refractivity contribution in [1.29, 1.82) is 0 Å². The number of aliphatic hydroxyl groups is 1. The number of allylic oxidation sites excluding steroid dienone is 2. The monoisotopic (exact) mass is 210 g/mol. The van der Waals surface area contributed by atoms with Gasteiger partial charge >= 0.3 is 0 Å². The Morgan fingerprint density at radius 3 is 2.60 bits per heavy atom. The van der Waals surface area contributed by atoms with Gasteiger partial charge in [-0.3, -0.25) is 4.79 Å². The van der Waals surface area contributed by atoms with Crippen LogP contribution in [0.15, 0.2) is 12.2 Å². The van der Waals surface area contributed by atoms with Crippen LogP contribution < -0.4 is 5.32 Å². The van der Waals surface area contributed by atoms with Crippen molar-refractivity contribution in [2.75, 3.05) is 20.1 Å². The van der Waals surface area contributed by atoms with Gasteiger partial charge in [-0.15, -0.1) is 0 Å². The molecule has 2 atom stereocenters. The van der Waals surface area contributed by atoms with Gasteiger partial charge in [0.1, 0.15) is 0 Å². The number of rotatable bonds is 2. The van der Waals surface area contributed by atoms with E-state index in [4.69, 9.17) is 0 Å². The quantitative estimate of drug-likeness (QED) is 0.618. The van der Waals surface area contributed by atoms with Crippen LogP contribution >= 0.6 is 0 Å². The maximum Gasteiger partial charge on any atom is 0.226 e. The van der Waals surface area contributed by atoms with E-state index in [1.54, 1.807) is 11.9 Å². The lowest BCUT2D eigenvalue weighted by atomic mass is 10.0. The molecule has 2 rings (SSSR count). The number of hydrogen-bond acceptors (Lipinski definition) is 3. The van der Waals surface area contributed by atoms with Crippen molar-refractivity contribution in [2.45, 2.75) is 25.0 Å². The van der Waals surface area contributed by atoms with Gasteiger partial charge in [-0.1, -0.05) is 12.2 Å². The molecule has 84 valence electrons. The van der Waals surface area contributed by atoms with E-state index in [1.807, 2.05) is 0 Å². The van der Waals surface area contributed by atoms with Gasteiger partial charge < -0.3 is 15.3 Å². The summed E-state index contributed by atoms with van der Waals surface area (Å²) < 4.78 is 0. The Hall–Kier alpha value is -0.870. The molecular formula is C11H18N2O2. The molecule has 1 aliphatic carbocycles. The Morgan fingerprint density at radius 2 is 2.07 bits per heavy atom. The van der Waals surface area contributed by atoms with Gasteiger partial charge in [0.05, 0.1) is 12.1 Å². The van der Waals surface area contributed by atoms with Crippen molar-refractivity contribution >= 4 is 5.91 Å². The number of hydrogen-bond donors (Lipinski definition) is 2. The molecule has 2 N–H and O–H groups in total. The second kappa shape index (κ2) is 4.33. The van der Waals surface area contributed by atoms with Gasteiger partial charge in [-0.05, 0) is 12.8 Å². The number of carbonyl (C=O) groups excluding carboxylic acids is 1. The maximum absolute atomic E-state index is 12.0. The first kappa shape index (κ1) is 10.6. The van der Waals surface area contributed by atoms with Crippen LogP contribution in [0.1, 0.15) is 12.8 Å². The zero-order chi connectivity index (χ0) is 10.8. The average Bonchev–Trinajstić information content (AvgIpc) is 2.85. The predicted octanol–water partition coefficient (Wildman–Crippen LogP) is -0.256. The summed E-state index contributed by atoms with van der Waals surface area (Å²) in [5.74, 6) is 0.260. The van der Waals surface area contributed by atoms with E-state index < -0.39 is 6.10 Å². The summed E-state index contributed by atoms with van der Waals surface area (Å²) in [6, 6.07) is -0.0573. The number of amides is 1. The van der Waals surface area contributed by atoms with E-state index in [9.17, 15) is 9.90 Å². The van der Waals surface area contributed by atoms with E-state index in [0.29, 0.717) is 13.1 Å². The van der Waals surface area contributed by atoms with Crippen LogP contribution in [0, 0.1) is 5.92 Å². The SMILES string of the molecule is CN(C(=O)C1CC=CC1)[C@H]1CNC[C@@H]1O. The van der Waals surface area contributed by atoms with Crippen LogP contribution in [-0.4, -0.2) is 48.2 Å². The van der Waals surface area contributed by atoms with Crippen molar-refractivity contribution in [2.24, 2.45) is 5.92 Å². The summed E-state index contributed by atoms with van der Waals surface area (Å²) in [5.41, 5.74) is 0. The zero-order valence-electron chi connectivity index (χ0n) is 9.02. The van der Waals surface area contributed by atoms with Crippen LogP contribution in [0.25, 0.3) is 0 Å². The molecule has 1 fully saturated rings. The first-order chi connectivity index (χ1) is 7.20. The lowest BCUT2D eigenvalue weighted by molar-refractivity contribution is -0.137. The molecule has 1 heterocycles. The molecule has 15 heavy (non-hydrogen) atoms. The molecule has 1 amide bonds. The lowest BCUT2D eigenvalue weighted by Gasteiger charge is -2.28. The fraction of sp³-hybridized carbons (Fsp3) is 0.727. The summed E-state index contributed by atoms with van der Waals surface area (Å²) in [5, 5.41) is 12.8. The third kappa shape index (κ3) is 2.06. The smallest absolute Gasteiger partial charge is 0.226 e. The molecule has 2 aliphatic rings. The molecule has 0 aromatic carbocycles. The van der Waals surface area contributed by atoms with Crippen molar-refractivity contribution < 1.29 is 9.90 Å². The third-order valence-electron chi connectivity index (χ3n) is 3.35. The van der Waals surface area contributed by atoms with Gasteiger partial charge in [0, 0.05) is 26.1 Å². The maximum atomic E-state index is 12.0. The summed E-state index contributed by atoms with van der Waals surface area (Å²) in [4.78, 5) is 13.7. The molecule has 0 saturated carbocycles. The molecule has 0 spiro atoms. The summed E-state index contributed by atoms with van der Waals surface area (Å²) in [6.07, 6.45) is 5.38. The van der Waals surface area contributed by atoms with Crippen LogP contribution in [0.2, 0.25) is 0 Å². The zero-order valence-corrected chi connectivity index (χ0v) is 9.02. The van der Waals surface area contributed by atoms with Gasteiger partial charge in [0.15, 0.2) is 0 Å². The number of carbonyl (C=O) groups is 1. The molecule has 4 heteroatoms. The van der Waals surface area contributed by atoms with Crippen molar-refractivity contribution in [3.63, 3.8) is 0 Å². The first-order valence-electron chi connectivity index (χ1n) is 5.50. The van der Waals surface area contributed by atoms with Crippen molar-refractivity contribution in [1.82, 2.24) is 10.2 Å². The van der Waals surface area contributed by atoms with Gasteiger partial charge in [-0.2, -0.15) is 0 Å². The molecule has 0 bridgehead atoms. The van der Waals surface area contributed by atoms with Crippen LogP contribution in [0.3, 0.4) is 0 Å². The second-order valence-corrected chi connectivity index (χ2v) is 4.38. The van der Waals surface area contributed by atoms with Gasteiger partial charge in [0.25, 0.3) is 0 Å². The Bertz CT molecular complexity index is 270. The summed E-state index contributed by atoms with van der Waals surface area (Å²) in [6.45, 7) is 1.29. The highest BCUT2D eigenvalue weighted by Gasteiger charge is 2.33. The number of aliphatic hydroxyl groups excluding tert-OH is 1. The Labute approximate surface area is 90.0 Å². The molecular weight excluding hydrogens is 192 g/mol. The second-order valence-electron chi connectivity index (χ2n) is 4.38. The Morgan fingerprint density at radius 1 is 1.40 bits per heavy atom. The lowest BCUT2D eigenvalue weighted by Crippen LogP contribution is -2.46. The molecule has 0 aromatic heterocycles. The number of nitrogens with one attached hydrogen (secondary N) is 1. The van der Waals surface area contributed by atoms with E-state index in [0.717, 1.165) is 12.8 Å². The minimum atomic E-state index is -0.423. The van der Waals surface area contributed by atoms with Crippen LogP contribution in [-0.2, 0) is 4.79 Å². The standard InChI is InChI=1S/C11H18N2O2/c1-13(9-6-12-7-10(9)14)11(15)8-4-2-3-5-8/h2-3,8-10,12,14H,4-7H2,1H3/t9-,10-/m0/s1. The minimum absolute atomic E-state index is 0.0573. The highest BCUT2D eigenvalue weighted by Crippen LogP contribution is 2.21.